The zero-order valence-corrected chi connectivity index (χ0v) is 14.9. The van der Waals surface area contributed by atoms with Gasteiger partial charge in [0.2, 0.25) is 5.91 Å². The SMILES string of the molecule is C#CCCC1(CCNC(=O)CCc2c(C)nc3nc(C)[nH]n3c2=O)N=N1. The lowest BCUT2D eigenvalue weighted by atomic mass is 10.0. The number of carbonyl (C=O) groups is 1. The Kier molecular flexibility index (Phi) is 4.84. The summed E-state index contributed by atoms with van der Waals surface area (Å²) in [5, 5.41) is 13.8. The van der Waals surface area contributed by atoms with Gasteiger partial charge in [0.15, 0.2) is 5.66 Å². The van der Waals surface area contributed by atoms with Crippen molar-refractivity contribution in [2.45, 2.75) is 51.6 Å². The molecule has 3 heterocycles. The van der Waals surface area contributed by atoms with Crippen LogP contribution >= 0.6 is 0 Å². The van der Waals surface area contributed by atoms with E-state index in [1.54, 1.807) is 13.8 Å². The standard InChI is InChI=1S/C17H21N7O2/c1-4-5-8-17(22-23-17)9-10-18-14(25)7-6-13-11(2)19-16-20-12(3)21-24(16)15(13)26/h1H,5-10H2,2-3H3,(H,18,25)(H,19,20,21). The monoisotopic (exact) mass is 355 g/mol. The molecular formula is C17H21N7O2. The number of hydrogen-bond donors (Lipinski definition) is 2. The molecule has 9 nitrogen and oxygen atoms in total. The molecular weight excluding hydrogens is 334 g/mol. The summed E-state index contributed by atoms with van der Waals surface area (Å²) in [6, 6.07) is 0. The van der Waals surface area contributed by atoms with Gasteiger partial charge >= 0.3 is 0 Å². The van der Waals surface area contributed by atoms with Crippen molar-refractivity contribution in [2.24, 2.45) is 10.2 Å². The average molecular weight is 355 g/mol. The number of H-pyrrole nitrogens is 1. The minimum absolute atomic E-state index is 0.123. The molecule has 0 saturated carbocycles. The van der Waals surface area contributed by atoms with Crippen molar-refractivity contribution in [3.05, 3.63) is 27.4 Å². The summed E-state index contributed by atoms with van der Waals surface area (Å²) in [6.45, 7) is 3.99. The van der Waals surface area contributed by atoms with E-state index in [-0.39, 0.29) is 17.9 Å². The molecule has 136 valence electrons. The van der Waals surface area contributed by atoms with Gasteiger partial charge in [-0.05, 0) is 20.3 Å². The van der Waals surface area contributed by atoms with Gasteiger partial charge < -0.3 is 5.32 Å². The first-order valence-electron chi connectivity index (χ1n) is 8.53. The van der Waals surface area contributed by atoms with E-state index in [9.17, 15) is 9.59 Å². The van der Waals surface area contributed by atoms with E-state index in [1.165, 1.54) is 4.52 Å². The first-order chi connectivity index (χ1) is 12.4. The first kappa shape index (κ1) is 17.8. The fourth-order valence-corrected chi connectivity index (χ4v) is 2.85. The van der Waals surface area contributed by atoms with Gasteiger partial charge in [-0.15, -0.1) is 12.3 Å². The van der Waals surface area contributed by atoms with E-state index in [0.717, 1.165) is 0 Å². The van der Waals surface area contributed by atoms with Crippen LogP contribution in [0.15, 0.2) is 15.0 Å². The fraction of sp³-hybridized carbons (Fsp3) is 0.529. The highest BCUT2D eigenvalue weighted by atomic mass is 16.1. The van der Waals surface area contributed by atoms with Crippen LogP contribution in [0.4, 0.5) is 0 Å². The number of nitrogens with zero attached hydrogens (tertiary/aromatic N) is 5. The number of aromatic nitrogens is 4. The van der Waals surface area contributed by atoms with Crippen LogP contribution in [-0.4, -0.2) is 37.7 Å². The molecule has 0 radical (unpaired) electrons. The molecule has 1 aliphatic heterocycles. The fourth-order valence-electron chi connectivity index (χ4n) is 2.85. The summed E-state index contributed by atoms with van der Waals surface area (Å²) in [6.07, 6.45) is 7.76. The number of aromatic amines is 1. The number of terminal acetylenes is 1. The summed E-state index contributed by atoms with van der Waals surface area (Å²) < 4.78 is 1.31. The number of rotatable bonds is 8. The molecule has 1 aliphatic rings. The molecule has 0 bridgehead atoms. The molecule has 2 aromatic rings. The number of fused-ring (bicyclic) bond motifs is 1. The summed E-state index contributed by atoms with van der Waals surface area (Å²) in [5.41, 5.74) is 0.490. The quantitative estimate of drug-likeness (QED) is 0.688. The maximum Gasteiger partial charge on any atom is 0.277 e. The van der Waals surface area contributed by atoms with Gasteiger partial charge in [-0.25, -0.2) is 4.98 Å². The summed E-state index contributed by atoms with van der Waals surface area (Å²) in [5.74, 6) is 3.40. The van der Waals surface area contributed by atoms with Crippen LogP contribution in [0.3, 0.4) is 0 Å². The van der Waals surface area contributed by atoms with Gasteiger partial charge in [0, 0.05) is 37.8 Å². The zero-order chi connectivity index (χ0) is 18.7. The van der Waals surface area contributed by atoms with E-state index in [1.807, 2.05) is 0 Å². The van der Waals surface area contributed by atoms with E-state index in [0.29, 0.717) is 55.1 Å². The van der Waals surface area contributed by atoms with Gasteiger partial charge in [0.1, 0.15) is 5.82 Å². The Bertz CT molecular complexity index is 958. The van der Waals surface area contributed by atoms with Crippen molar-refractivity contribution >= 4 is 11.7 Å². The zero-order valence-electron chi connectivity index (χ0n) is 14.9. The summed E-state index contributed by atoms with van der Waals surface area (Å²) in [4.78, 5) is 33.0. The van der Waals surface area contributed by atoms with Crippen LogP contribution in [0.25, 0.3) is 5.78 Å². The largest absolute Gasteiger partial charge is 0.356 e. The lowest BCUT2D eigenvalue weighted by Gasteiger charge is -2.10. The Hall–Kier alpha value is -3.02. The third kappa shape index (κ3) is 3.79. The summed E-state index contributed by atoms with van der Waals surface area (Å²) >= 11 is 0. The van der Waals surface area contributed by atoms with Crippen molar-refractivity contribution in [2.75, 3.05) is 6.54 Å². The van der Waals surface area contributed by atoms with Crippen LogP contribution in [0.2, 0.25) is 0 Å². The smallest absolute Gasteiger partial charge is 0.277 e. The lowest BCUT2D eigenvalue weighted by Crippen LogP contribution is -2.29. The minimum Gasteiger partial charge on any atom is -0.356 e. The van der Waals surface area contributed by atoms with Crippen molar-refractivity contribution in [1.82, 2.24) is 24.9 Å². The average Bonchev–Trinajstić information content (AvgIpc) is 3.26. The van der Waals surface area contributed by atoms with Crippen LogP contribution in [0.1, 0.15) is 42.8 Å². The maximum atomic E-state index is 12.5. The van der Waals surface area contributed by atoms with Crippen LogP contribution < -0.4 is 10.9 Å². The molecule has 3 rings (SSSR count). The van der Waals surface area contributed by atoms with Gasteiger partial charge in [0.05, 0.1) is 5.69 Å². The van der Waals surface area contributed by atoms with Crippen molar-refractivity contribution < 1.29 is 4.79 Å². The molecule has 0 aromatic carbocycles. The second-order valence-electron chi connectivity index (χ2n) is 6.41. The predicted octanol–water partition coefficient (Wildman–Crippen LogP) is 1.05. The molecule has 0 unspecified atom stereocenters. The molecule has 0 aliphatic carbocycles. The Morgan fingerprint density at radius 2 is 2.08 bits per heavy atom. The Labute approximate surface area is 150 Å². The molecule has 9 heteroatoms. The van der Waals surface area contributed by atoms with E-state index < -0.39 is 5.66 Å². The van der Waals surface area contributed by atoms with E-state index in [4.69, 9.17) is 6.42 Å². The van der Waals surface area contributed by atoms with Gasteiger partial charge in [-0.1, -0.05) is 0 Å². The second kappa shape index (κ2) is 7.07. The van der Waals surface area contributed by atoms with Crippen LogP contribution in [0.5, 0.6) is 0 Å². The van der Waals surface area contributed by atoms with Crippen LogP contribution in [-0.2, 0) is 11.2 Å². The number of carbonyl (C=O) groups excluding carboxylic acids is 1. The third-order valence-electron chi connectivity index (χ3n) is 4.41. The van der Waals surface area contributed by atoms with Crippen LogP contribution in [0, 0.1) is 26.2 Å². The summed E-state index contributed by atoms with van der Waals surface area (Å²) in [7, 11) is 0. The van der Waals surface area contributed by atoms with E-state index >= 15 is 0 Å². The number of nitrogens with one attached hydrogen (secondary N) is 2. The normalized spacial score (nSPS) is 14.3. The van der Waals surface area contributed by atoms with Crippen molar-refractivity contribution in [3.8, 4) is 12.3 Å². The Morgan fingerprint density at radius 3 is 2.77 bits per heavy atom. The Morgan fingerprint density at radius 1 is 1.31 bits per heavy atom. The molecule has 1 amide bonds. The first-order valence-corrected chi connectivity index (χ1v) is 8.53. The van der Waals surface area contributed by atoms with Gasteiger partial charge in [-0.2, -0.15) is 19.7 Å². The van der Waals surface area contributed by atoms with Gasteiger partial charge in [-0.3, -0.25) is 14.7 Å². The predicted molar refractivity (Wildman–Crippen MR) is 94.7 cm³/mol. The third-order valence-corrected chi connectivity index (χ3v) is 4.41. The molecule has 2 aromatic heterocycles. The number of amides is 1. The van der Waals surface area contributed by atoms with Crippen molar-refractivity contribution in [1.29, 1.82) is 0 Å². The highest BCUT2D eigenvalue weighted by Crippen LogP contribution is 2.35. The van der Waals surface area contributed by atoms with E-state index in [2.05, 4.69) is 36.5 Å². The molecule has 0 atom stereocenters. The molecule has 26 heavy (non-hydrogen) atoms. The highest BCUT2D eigenvalue weighted by molar-refractivity contribution is 5.76. The topological polar surface area (TPSA) is 117 Å². The lowest BCUT2D eigenvalue weighted by molar-refractivity contribution is -0.121. The minimum atomic E-state index is -0.400. The molecule has 0 fully saturated rings. The highest BCUT2D eigenvalue weighted by Gasteiger charge is 2.38. The number of aryl methyl sites for hydroxylation is 2. The second-order valence-corrected chi connectivity index (χ2v) is 6.41. The van der Waals surface area contributed by atoms with Gasteiger partial charge in [0.25, 0.3) is 11.3 Å². The maximum absolute atomic E-state index is 12.5. The molecule has 0 spiro atoms. The molecule has 0 saturated heterocycles. The molecule has 2 N–H and O–H groups in total. The Balaban J connectivity index is 1.53. The van der Waals surface area contributed by atoms with Crippen molar-refractivity contribution in [3.63, 3.8) is 0 Å². The number of hydrogen-bond acceptors (Lipinski definition) is 6.